The van der Waals surface area contributed by atoms with Crippen molar-refractivity contribution < 1.29 is 4.74 Å². The highest BCUT2D eigenvalue weighted by Gasteiger charge is 2.37. The summed E-state index contributed by atoms with van der Waals surface area (Å²) in [6, 6.07) is 2.49. The summed E-state index contributed by atoms with van der Waals surface area (Å²) < 4.78 is 6.04. The second-order valence-electron chi connectivity index (χ2n) is 5.54. The van der Waals surface area contributed by atoms with Crippen molar-refractivity contribution in [2.45, 2.75) is 38.1 Å². The highest BCUT2D eigenvalue weighted by Crippen LogP contribution is 2.44. The van der Waals surface area contributed by atoms with Crippen molar-refractivity contribution in [2.24, 2.45) is 10.9 Å². The smallest absolute Gasteiger partial charge is 0.175 e. The number of thioether (sulfide) groups is 1. The van der Waals surface area contributed by atoms with Crippen LogP contribution in [0.4, 0.5) is 5.82 Å². The third-order valence-corrected chi connectivity index (χ3v) is 4.97. The number of aromatic nitrogens is 1. The van der Waals surface area contributed by atoms with Crippen LogP contribution in [0.3, 0.4) is 0 Å². The fourth-order valence-electron chi connectivity index (χ4n) is 2.99. The standard InChI is InChI=1S/C16H21N3OS/c1-4-14(17-5-2)21-13-6-7-18-16-15(13)20-10-12-8-11(3)9-19(12)16/h4-7,11-12H,8-10H2,1-3H3/b14-4+,17-5-. The van der Waals surface area contributed by atoms with Gasteiger partial charge in [0, 0.05) is 19.0 Å². The largest absolute Gasteiger partial charge is 0.486 e. The lowest BCUT2D eigenvalue weighted by molar-refractivity contribution is 0.261. The number of hydrogen-bond acceptors (Lipinski definition) is 5. The summed E-state index contributed by atoms with van der Waals surface area (Å²) in [5.41, 5.74) is 0. The monoisotopic (exact) mass is 303 g/mol. The Kier molecular flexibility index (Phi) is 4.19. The van der Waals surface area contributed by atoms with Crippen LogP contribution >= 0.6 is 11.8 Å². The summed E-state index contributed by atoms with van der Waals surface area (Å²) in [7, 11) is 0. The Morgan fingerprint density at radius 2 is 2.38 bits per heavy atom. The predicted octanol–water partition coefficient (Wildman–Crippen LogP) is 3.73. The normalized spacial score (nSPS) is 24.9. The third-order valence-electron chi connectivity index (χ3n) is 3.88. The van der Waals surface area contributed by atoms with Gasteiger partial charge < -0.3 is 9.64 Å². The van der Waals surface area contributed by atoms with Crippen LogP contribution < -0.4 is 9.64 Å². The molecule has 0 radical (unpaired) electrons. The van der Waals surface area contributed by atoms with Gasteiger partial charge in [0.15, 0.2) is 11.6 Å². The van der Waals surface area contributed by atoms with Crippen molar-refractivity contribution in [1.82, 2.24) is 4.98 Å². The van der Waals surface area contributed by atoms with Gasteiger partial charge in [-0.25, -0.2) is 4.98 Å². The summed E-state index contributed by atoms with van der Waals surface area (Å²) in [5.74, 6) is 2.62. The van der Waals surface area contributed by atoms with Gasteiger partial charge in [0.05, 0.1) is 16.0 Å². The first kappa shape index (κ1) is 14.4. The SMILES string of the molecule is C/C=N\C(=C/C)Sc1ccnc2c1OCC1CC(C)CN21. The Balaban J connectivity index is 1.92. The first-order valence-corrected chi connectivity index (χ1v) is 8.25. The quantitative estimate of drug-likeness (QED) is 0.630. The summed E-state index contributed by atoms with van der Waals surface area (Å²) in [6.07, 6.45) is 6.90. The van der Waals surface area contributed by atoms with Crippen LogP contribution in [0.1, 0.15) is 27.2 Å². The van der Waals surface area contributed by atoms with E-state index < -0.39 is 0 Å². The van der Waals surface area contributed by atoms with Crippen molar-refractivity contribution in [3.63, 3.8) is 0 Å². The van der Waals surface area contributed by atoms with E-state index in [0.29, 0.717) is 12.0 Å². The maximum atomic E-state index is 6.04. The zero-order valence-electron chi connectivity index (χ0n) is 12.7. The van der Waals surface area contributed by atoms with E-state index in [0.717, 1.165) is 34.6 Å². The van der Waals surface area contributed by atoms with Crippen molar-refractivity contribution >= 4 is 23.8 Å². The molecule has 112 valence electrons. The number of anilines is 1. The van der Waals surface area contributed by atoms with Gasteiger partial charge in [-0.05, 0) is 32.3 Å². The van der Waals surface area contributed by atoms with Crippen LogP contribution in [0, 0.1) is 5.92 Å². The van der Waals surface area contributed by atoms with Crippen molar-refractivity contribution in [3.8, 4) is 5.75 Å². The van der Waals surface area contributed by atoms with Crippen LogP contribution in [0.5, 0.6) is 5.75 Å². The molecule has 1 fully saturated rings. The zero-order valence-corrected chi connectivity index (χ0v) is 13.6. The van der Waals surface area contributed by atoms with Crippen molar-refractivity contribution in [1.29, 1.82) is 0 Å². The summed E-state index contributed by atoms with van der Waals surface area (Å²) in [4.78, 5) is 12.4. The number of nitrogens with zero attached hydrogens (tertiary/aromatic N) is 3. The molecule has 0 spiro atoms. The Morgan fingerprint density at radius 3 is 3.14 bits per heavy atom. The van der Waals surface area contributed by atoms with Crippen LogP contribution in [-0.2, 0) is 0 Å². The molecule has 0 saturated carbocycles. The minimum Gasteiger partial charge on any atom is -0.486 e. The molecule has 2 aliphatic rings. The Hall–Kier alpha value is -1.49. The molecule has 21 heavy (non-hydrogen) atoms. The molecule has 0 bridgehead atoms. The molecule has 2 atom stereocenters. The highest BCUT2D eigenvalue weighted by atomic mass is 32.2. The van der Waals surface area contributed by atoms with E-state index in [2.05, 4.69) is 21.8 Å². The average Bonchev–Trinajstić information content (AvgIpc) is 2.87. The van der Waals surface area contributed by atoms with Gasteiger partial charge in [-0.2, -0.15) is 0 Å². The van der Waals surface area contributed by atoms with E-state index in [-0.39, 0.29) is 0 Å². The number of fused-ring (bicyclic) bond motifs is 3. The van der Waals surface area contributed by atoms with Gasteiger partial charge in [-0.15, -0.1) is 0 Å². The predicted molar refractivity (Wildman–Crippen MR) is 88.4 cm³/mol. The number of allylic oxidation sites excluding steroid dienone is 1. The molecule has 0 aliphatic carbocycles. The Bertz CT molecular complexity index is 585. The van der Waals surface area contributed by atoms with Gasteiger partial charge in [-0.3, -0.25) is 4.99 Å². The minimum atomic E-state index is 0.482. The molecule has 0 aromatic carbocycles. The van der Waals surface area contributed by atoms with Crippen LogP contribution in [0.15, 0.2) is 33.3 Å². The molecule has 3 heterocycles. The number of pyridine rings is 1. The second kappa shape index (κ2) is 6.10. The summed E-state index contributed by atoms with van der Waals surface area (Å²) >= 11 is 1.63. The molecule has 2 unspecified atom stereocenters. The molecule has 1 saturated heterocycles. The molecule has 3 rings (SSSR count). The molecule has 1 aromatic heterocycles. The highest BCUT2D eigenvalue weighted by molar-refractivity contribution is 8.03. The topological polar surface area (TPSA) is 37.7 Å². The Labute approximate surface area is 130 Å². The lowest BCUT2D eigenvalue weighted by Gasteiger charge is -2.33. The van der Waals surface area contributed by atoms with Gasteiger partial charge >= 0.3 is 0 Å². The van der Waals surface area contributed by atoms with Gasteiger partial charge in [0.1, 0.15) is 6.61 Å². The van der Waals surface area contributed by atoms with Crippen molar-refractivity contribution in [2.75, 3.05) is 18.1 Å². The fourth-order valence-corrected chi connectivity index (χ4v) is 3.86. The number of ether oxygens (including phenoxy) is 1. The van der Waals surface area contributed by atoms with Crippen LogP contribution in [0.25, 0.3) is 0 Å². The maximum Gasteiger partial charge on any atom is 0.175 e. The lowest BCUT2D eigenvalue weighted by atomic mass is 10.1. The Morgan fingerprint density at radius 1 is 1.52 bits per heavy atom. The molecule has 5 heteroatoms. The minimum absolute atomic E-state index is 0.482. The zero-order chi connectivity index (χ0) is 14.8. The third kappa shape index (κ3) is 2.79. The first-order valence-electron chi connectivity index (χ1n) is 7.44. The fraction of sp³-hybridized carbons (Fsp3) is 0.500. The van der Waals surface area contributed by atoms with Crippen LogP contribution in [0.2, 0.25) is 0 Å². The number of rotatable bonds is 3. The van der Waals surface area contributed by atoms with E-state index in [1.807, 2.05) is 38.4 Å². The molecule has 2 aliphatic heterocycles. The van der Waals surface area contributed by atoms with Gasteiger partial charge in [-0.1, -0.05) is 24.8 Å². The van der Waals surface area contributed by atoms with Crippen molar-refractivity contribution in [3.05, 3.63) is 23.4 Å². The van der Waals surface area contributed by atoms with Gasteiger partial charge in [0.2, 0.25) is 0 Å². The van der Waals surface area contributed by atoms with E-state index >= 15 is 0 Å². The lowest BCUT2D eigenvalue weighted by Crippen LogP contribution is -2.38. The summed E-state index contributed by atoms with van der Waals surface area (Å²) in [5, 5.41) is 0.978. The van der Waals surface area contributed by atoms with E-state index in [4.69, 9.17) is 4.74 Å². The van der Waals surface area contributed by atoms with Crippen LogP contribution in [-0.4, -0.2) is 30.4 Å². The summed E-state index contributed by atoms with van der Waals surface area (Å²) in [6.45, 7) is 8.07. The molecular weight excluding hydrogens is 282 g/mol. The van der Waals surface area contributed by atoms with Gasteiger partial charge in [0.25, 0.3) is 0 Å². The first-order chi connectivity index (χ1) is 10.2. The van der Waals surface area contributed by atoms with E-state index in [1.165, 1.54) is 6.42 Å². The van der Waals surface area contributed by atoms with E-state index in [9.17, 15) is 0 Å². The average molecular weight is 303 g/mol. The molecule has 0 N–H and O–H groups in total. The second-order valence-corrected chi connectivity index (χ2v) is 6.60. The molecule has 0 amide bonds. The molecular formula is C16H21N3OS. The maximum absolute atomic E-state index is 6.04. The molecule has 4 nitrogen and oxygen atoms in total. The number of aliphatic imine (C=N–C) groups is 1. The van der Waals surface area contributed by atoms with E-state index in [1.54, 1.807) is 11.8 Å². The number of hydrogen-bond donors (Lipinski definition) is 0. The molecule has 1 aromatic rings.